The SMILES string of the molecule is CC(C)(C)CC1COCCN1C(=S)S. The van der Waals surface area contributed by atoms with E-state index in [1.54, 1.807) is 0 Å². The Morgan fingerprint density at radius 3 is 2.71 bits per heavy atom. The van der Waals surface area contributed by atoms with Crippen LogP contribution in [-0.4, -0.2) is 35.0 Å². The Balaban J connectivity index is 2.59. The van der Waals surface area contributed by atoms with Gasteiger partial charge in [-0.05, 0) is 11.8 Å². The molecule has 1 saturated heterocycles. The molecule has 1 atom stereocenters. The van der Waals surface area contributed by atoms with Gasteiger partial charge in [-0.15, -0.1) is 12.6 Å². The normalized spacial score (nSPS) is 23.7. The second-order valence-corrected chi connectivity index (χ2v) is 6.08. The molecule has 4 heteroatoms. The van der Waals surface area contributed by atoms with E-state index in [0.29, 0.717) is 15.8 Å². The summed E-state index contributed by atoms with van der Waals surface area (Å²) in [5.41, 5.74) is 0.308. The van der Waals surface area contributed by atoms with Crippen LogP contribution in [0.15, 0.2) is 0 Å². The van der Waals surface area contributed by atoms with Gasteiger partial charge in [-0.25, -0.2) is 0 Å². The van der Waals surface area contributed by atoms with Gasteiger partial charge in [-0.2, -0.15) is 0 Å². The van der Waals surface area contributed by atoms with Crippen molar-refractivity contribution in [2.75, 3.05) is 19.8 Å². The minimum Gasteiger partial charge on any atom is -0.377 e. The molecule has 0 N–H and O–H groups in total. The van der Waals surface area contributed by atoms with E-state index in [4.69, 9.17) is 17.0 Å². The molecular formula is C10H19NOS2. The zero-order chi connectivity index (χ0) is 10.8. The Morgan fingerprint density at radius 1 is 1.57 bits per heavy atom. The summed E-state index contributed by atoms with van der Waals surface area (Å²) in [6, 6.07) is 0.397. The fraction of sp³-hybridized carbons (Fsp3) is 0.900. The van der Waals surface area contributed by atoms with Crippen LogP contribution in [0.25, 0.3) is 0 Å². The highest BCUT2D eigenvalue weighted by Crippen LogP contribution is 2.25. The van der Waals surface area contributed by atoms with Crippen molar-refractivity contribution in [3.8, 4) is 0 Å². The molecule has 0 saturated carbocycles. The lowest BCUT2D eigenvalue weighted by Crippen LogP contribution is -2.48. The molecular weight excluding hydrogens is 214 g/mol. The van der Waals surface area contributed by atoms with E-state index in [1.165, 1.54) is 0 Å². The largest absolute Gasteiger partial charge is 0.377 e. The van der Waals surface area contributed by atoms with E-state index >= 15 is 0 Å². The molecule has 0 radical (unpaired) electrons. The number of thiol groups is 1. The van der Waals surface area contributed by atoms with E-state index in [0.717, 1.165) is 26.2 Å². The highest BCUT2D eigenvalue weighted by atomic mass is 32.1. The fourth-order valence-corrected chi connectivity index (χ4v) is 2.29. The maximum Gasteiger partial charge on any atom is 0.133 e. The van der Waals surface area contributed by atoms with Crippen molar-refractivity contribution in [2.24, 2.45) is 5.41 Å². The molecule has 0 bridgehead atoms. The van der Waals surface area contributed by atoms with Crippen LogP contribution in [0.4, 0.5) is 0 Å². The molecule has 0 aromatic heterocycles. The first kappa shape index (κ1) is 12.3. The third-order valence-corrected chi connectivity index (χ3v) is 2.81. The predicted molar refractivity (Wildman–Crippen MR) is 67.0 cm³/mol. The van der Waals surface area contributed by atoms with Gasteiger partial charge in [0.15, 0.2) is 0 Å². The number of hydrogen-bond acceptors (Lipinski definition) is 2. The van der Waals surface area contributed by atoms with Crippen molar-refractivity contribution >= 4 is 29.2 Å². The van der Waals surface area contributed by atoms with Crippen molar-refractivity contribution in [2.45, 2.75) is 33.2 Å². The summed E-state index contributed by atoms with van der Waals surface area (Å²) in [6.07, 6.45) is 1.09. The van der Waals surface area contributed by atoms with Gasteiger partial charge in [0, 0.05) is 6.54 Å². The quantitative estimate of drug-likeness (QED) is 0.552. The van der Waals surface area contributed by atoms with Crippen molar-refractivity contribution in [1.82, 2.24) is 4.90 Å². The van der Waals surface area contributed by atoms with Crippen LogP contribution in [0, 0.1) is 5.41 Å². The molecule has 0 spiro atoms. The number of rotatable bonds is 1. The molecule has 1 aliphatic rings. The van der Waals surface area contributed by atoms with Crippen molar-refractivity contribution in [3.05, 3.63) is 0 Å². The molecule has 1 rings (SSSR count). The zero-order valence-corrected chi connectivity index (χ0v) is 10.8. The first-order valence-electron chi connectivity index (χ1n) is 4.97. The van der Waals surface area contributed by atoms with Crippen LogP contribution in [0.5, 0.6) is 0 Å². The standard InChI is InChI=1S/C10H19NOS2/c1-10(2,3)6-8-7-12-5-4-11(8)9(13)14/h8H,4-7H2,1-3H3,(H,13,14). The average molecular weight is 233 g/mol. The fourth-order valence-electron chi connectivity index (χ4n) is 1.78. The lowest BCUT2D eigenvalue weighted by atomic mass is 9.87. The summed E-state index contributed by atoms with van der Waals surface area (Å²) in [6.45, 7) is 9.13. The van der Waals surface area contributed by atoms with Gasteiger partial charge in [0.05, 0.1) is 19.3 Å². The van der Waals surface area contributed by atoms with Gasteiger partial charge in [-0.3, -0.25) is 0 Å². The highest BCUT2D eigenvalue weighted by molar-refractivity contribution is 8.10. The first-order chi connectivity index (χ1) is 6.40. The Labute approximate surface area is 97.4 Å². The van der Waals surface area contributed by atoms with Crippen LogP contribution >= 0.6 is 24.8 Å². The van der Waals surface area contributed by atoms with Gasteiger partial charge in [0.2, 0.25) is 0 Å². The van der Waals surface area contributed by atoms with Crippen molar-refractivity contribution in [3.63, 3.8) is 0 Å². The Kier molecular flexibility index (Phi) is 4.22. The number of nitrogens with zero attached hydrogens (tertiary/aromatic N) is 1. The topological polar surface area (TPSA) is 12.5 Å². The van der Waals surface area contributed by atoms with Gasteiger partial charge in [0.25, 0.3) is 0 Å². The monoisotopic (exact) mass is 233 g/mol. The second-order valence-electron chi connectivity index (χ2n) is 4.97. The summed E-state index contributed by atoms with van der Waals surface area (Å²) < 4.78 is 6.17. The number of ether oxygens (including phenoxy) is 1. The zero-order valence-electron chi connectivity index (χ0n) is 9.12. The number of hydrogen-bond donors (Lipinski definition) is 1. The van der Waals surface area contributed by atoms with Crippen LogP contribution < -0.4 is 0 Å². The van der Waals surface area contributed by atoms with E-state index in [-0.39, 0.29) is 0 Å². The molecule has 2 nitrogen and oxygen atoms in total. The summed E-state index contributed by atoms with van der Waals surface area (Å²) in [5, 5.41) is 0. The molecule has 82 valence electrons. The summed E-state index contributed by atoms with van der Waals surface area (Å²) in [5.74, 6) is 0. The molecule has 14 heavy (non-hydrogen) atoms. The lowest BCUT2D eigenvalue weighted by Gasteiger charge is -2.39. The van der Waals surface area contributed by atoms with E-state index < -0.39 is 0 Å². The summed E-state index contributed by atoms with van der Waals surface area (Å²) in [4.78, 5) is 2.17. The Morgan fingerprint density at radius 2 is 2.21 bits per heavy atom. The highest BCUT2D eigenvalue weighted by Gasteiger charge is 2.27. The molecule has 1 aliphatic heterocycles. The van der Waals surface area contributed by atoms with Crippen LogP contribution in [-0.2, 0) is 4.74 Å². The molecule has 1 heterocycles. The molecule has 0 amide bonds. The smallest absolute Gasteiger partial charge is 0.133 e. The van der Waals surface area contributed by atoms with Crippen molar-refractivity contribution in [1.29, 1.82) is 0 Å². The minimum atomic E-state index is 0.308. The summed E-state index contributed by atoms with van der Waals surface area (Å²) in [7, 11) is 0. The second kappa shape index (κ2) is 4.81. The van der Waals surface area contributed by atoms with Crippen LogP contribution in [0.1, 0.15) is 27.2 Å². The van der Waals surface area contributed by atoms with Gasteiger partial charge in [-0.1, -0.05) is 33.0 Å². The number of morpholine rings is 1. The van der Waals surface area contributed by atoms with E-state index in [2.05, 4.69) is 38.3 Å². The van der Waals surface area contributed by atoms with Crippen LogP contribution in [0.2, 0.25) is 0 Å². The van der Waals surface area contributed by atoms with Gasteiger partial charge < -0.3 is 9.64 Å². The molecule has 0 aromatic carbocycles. The summed E-state index contributed by atoms with van der Waals surface area (Å²) >= 11 is 9.37. The lowest BCUT2D eigenvalue weighted by molar-refractivity contribution is 0.0143. The molecule has 1 fully saturated rings. The average Bonchev–Trinajstić information content (AvgIpc) is 2.01. The Bertz CT molecular complexity index is 213. The van der Waals surface area contributed by atoms with Gasteiger partial charge >= 0.3 is 0 Å². The maximum absolute atomic E-state index is 5.47. The third kappa shape index (κ3) is 3.75. The predicted octanol–water partition coefficient (Wildman–Crippen LogP) is 2.34. The minimum absolute atomic E-state index is 0.308. The number of thiocarbonyl (C=S) groups is 1. The first-order valence-corrected chi connectivity index (χ1v) is 5.83. The third-order valence-electron chi connectivity index (χ3n) is 2.32. The molecule has 0 aromatic rings. The molecule has 0 aliphatic carbocycles. The van der Waals surface area contributed by atoms with Gasteiger partial charge in [0.1, 0.15) is 4.32 Å². The Hall–Kier alpha value is 0.200. The van der Waals surface area contributed by atoms with Crippen molar-refractivity contribution < 1.29 is 4.74 Å². The van der Waals surface area contributed by atoms with Crippen LogP contribution in [0.3, 0.4) is 0 Å². The molecule has 1 unspecified atom stereocenters. The van der Waals surface area contributed by atoms with E-state index in [9.17, 15) is 0 Å². The van der Waals surface area contributed by atoms with E-state index in [1.807, 2.05) is 0 Å². The maximum atomic E-state index is 5.47.